The van der Waals surface area contributed by atoms with Crippen LogP contribution in [0.2, 0.25) is 5.02 Å². The van der Waals surface area contributed by atoms with Crippen LogP contribution < -0.4 is 11.1 Å². The van der Waals surface area contributed by atoms with Gasteiger partial charge in [0, 0.05) is 15.6 Å². The third kappa shape index (κ3) is 2.67. The third-order valence-electron chi connectivity index (χ3n) is 3.66. The number of halogens is 1. The molecule has 2 aromatic rings. The predicted octanol–water partition coefficient (Wildman–Crippen LogP) is 3.60. The molecule has 3 N–H and O–H groups in total. The molecule has 0 radical (unpaired) electrons. The standard InChI is InChI=1S/C16H15ClN2OS/c1-21-14-5-3-2-4-10(14)16(18)11-6-9-7-15(20)19-13(9)8-12(11)17/h2-6,8,16H,7,18H2,1H3,(H,19,20). The van der Waals surface area contributed by atoms with Crippen molar-refractivity contribution in [2.24, 2.45) is 5.73 Å². The zero-order chi connectivity index (χ0) is 15.0. The molecule has 0 aromatic heterocycles. The first-order chi connectivity index (χ1) is 10.1. The summed E-state index contributed by atoms with van der Waals surface area (Å²) < 4.78 is 0. The highest BCUT2D eigenvalue weighted by Crippen LogP contribution is 2.36. The first-order valence-corrected chi connectivity index (χ1v) is 8.21. The van der Waals surface area contributed by atoms with Gasteiger partial charge in [-0.05, 0) is 41.1 Å². The molecule has 1 unspecified atom stereocenters. The molecule has 1 aliphatic rings. The largest absolute Gasteiger partial charge is 0.325 e. The van der Waals surface area contributed by atoms with Gasteiger partial charge in [0.1, 0.15) is 0 Å². The highest BCUT2D eigenvalue weighted by Gasteiger charge is 2.23. The van der Waals surface area contributed by atoms with Gasteiger partial charge in [0.2, 0.25) is 5.91 Å². The number of nitrogens with two attached hydrogens (primary N) is 1. The molecule has 1 amide bonds. The van der Waals surface area contributed by atoms with E-state index in [1.165, 1.54) is 0 Å². The van der Waals surface area contributed by atoms with Crippen LogP contribution in [0, 0.1) is 0 Å². The van der Waals surface area contributed by atoms with Crippen LogP contribution in [0.15, 0.2) is 41.3 Å². The van der Waals surface area contributed by atoms with Gasteiger partial charge in [-0.2, -0.15) is 0 Å². The molecule has 1 atom stereocenters. The summed E-state index contributed by atoms with van der Waals surface area (Å²) in [5.74, 6) is -0.00342. The van der Waals surface area contributed by atoms with Gasteiger partial charge >= 0.3 is 0 Å². The number of nitrogens with one attached hydrogen (secondary N) is 1. The summed E-state index contributed by atoms with van der Waals surface area (Å²) >= 11 is 8.02. The maximum Gasteiger partial charge on any atom is 0.228 e. The SMILES string of the molecule is CSc1ccccc1C(N)c1cc2c(cc1Cl)NC(=O)C2. The zero-order valence-electron chi connectivity index (χ0n) is 11.5. The zero-order valence-corrected chi connectivity index (χ0v) is 13.1. The molecule has 21 heavy (non-hydrogen) atoms. The van der Waals surface area contributed by atoms with E-state index >= 15 is 0 Å². The number of fused-ring (bicyclic) bond motifs is 1. The average molecular weight is 319 g/mol. The summed E-state index contributed by atoms with van der Waals surface area (Å²) in [6, 6.07) is 11.5. The molecule has 3 nitrogen and oxygen atoms in total. The highest BCUT2D eigenvalue weighted by atomic mass is 35.5. The van der Waals surface area contributed by atoms with Crippen molar-refractivity contribution in [3.8, 4) is 0 Å². The molecule has 5 heteroatoms. The van der Waals surface area contributed by atoms with Crippen LogP contribution in [0.5, 0.6) is 0 Å². The lowest BCUT2D eigenvalue weighted by Crippen LogP contribution is -2.13. The van der Waals surface area contributed by atoms with E-state index in [0.717, 1.165) is 27.3 Å². The monoisotopic (exact) mass is 318 g/mol. The second kappa shape index (κ2) is 5.72. The summed E-state index contributed by atoms with van der Waals surface area (Å²) in [6.07, 6.45) is 2.41. The van der Waals surface area contributed by atoms with Gasteiger partial charge in [-0.25, -0.2) is 0 Å². The van der Waals surface area contributed by atoms with Crippen molar-refractivity contribution in [2.75, 3.05) is 11.6 Å². The number of carbonyl (C=O) groups excluding carboxylic acids is 1. The van der Waals surface area contributed by atoms with Crippen molar-refractivity contribution < 1.29 is 4.79 Å². The lowest BCUT2D eigenvalue weighted by atomic mass is 9.97. The minimum absolute atomic E-state index is 0.00342. The van der Waals surface area contributed by atoms with E-state index < -0.39 is 0 Å². The molecule has 3 rings (SSSR count). The fraction of sp³-hybridized carbons (Fsp3) is 0.188. The molecule has 108 valence electrons. The molecule has 0 fully saturated rings. The number of thioether (sulfide) groups is 1. The second-order valence-electron chi connectivity index (χ2n) is 4.98. The van der Waals surface area contributed by atoms with Crippen LogP contribution in [0.25, 0.3) is 0 Å². The summed E-state index contributed by atoms with van der Waals surface area (Å²) in [4.78, 5) is 12.6. The van der Waals surface area contributed by atoms with Crippen molar-refractivity contribution in [3.63, 3.8) is 0 Å². The minimum Gasteiger partial charge on any atom is -0.325 e. The van der Waals surface area contributed by atoms with Crippen molar-refractivity contribution in [2.45, 2.75) is 17.4 Å². The maximum absolute atomic E-state index is 11.5. The van der Waals surface area contributed by atoms with Gasteiger partial charge in [0.15, 0.2) is 0 Å². The molecular weight excluding hydrogens is 304 g/mol. The van der Waals surface area contributed by atoms with Gasteiger partial charge in [-0.3, -0.25) is 4.79 Å². The number of benzene rings is 2. The second-order valence-corrected chi connectivity index (χ2v) is 6.23. The third-order valence-corrected chi connectivity index (χ3v) is 4.80. The normalized spacial score (nSPS) is 14.7. The molecule has 0 saturated heterocycles. The van der Waals surface area contributed by atoms with Crippen LogP contribution in [-0.2, 0) is 11.2 Å². The van der Waals surface area contributed by atoms with E-state index in [9.17, 15) is 4.79 Å². The Hall–Kier alpha value is -1.49. The molecule has 0 bridgehead atoms. The Bertz CT molecular complexity index is 717. The quantitative estimate of drug-likeness (QED) is 0.850. The molecule has 0 saturated carbocycles. The van der Waals surface area contributed by atoms with E-state index in [2.05, 4.69) is 5.32 Å². The van der Waals surface area contributed by atoms with Crippen molar-refractivity contribution in [3.05, 3.63) is 58.1 Å². The van der Waals surface area contributed by atoms with Gasteiger partial charge in [-0.15, -0.1) is 11.8 Å². The summed E-state index contributed by atoms with van der Waals surface area (Å²) in [5, 5.41) is 3.38. The molecule has 0 spiro atoms. The van der Waals surface area contributed by atoms with E-state index in [-0.39, 0.29) is 11.9 Å². The fourth-order valence-corrected chi connectivity index (χ4v) is 3.52. The van der Waals surface area contributed by atoms with Gasteiger partial charge in [0.25, 0.3) is 0 Å². The van der Waals surface area contributed by atoms with Crippen LogP contribution in [0.1, 0.15) is 22.7 Å². The van der Waals surface area contributed by atoms with E-state index in [0.29, 0.717) is 11.4 Å². The van der Waals surface area contributed by atoms with Crippen molar-refractivity contribution in [1.29, 1.82) is 0 Å². The Kier molecular flexibility index (Phi) is 3.93. The van der Waals surface area contributed by atoms with Crippen LogP contribution in [0.4, 0.5) is 5.69 Å². The smallest absolute Gasteiger partial charge is 0.228 e. The number of anilines is 1. The summed E-state index contributed by atoms with van der Waals surface area (Å²) in [7, 11) is 0. The van der Waals surface area contributed by atoms with Gasteiger partial charge in [0.05, 0.1) is 12.5 Å². The predicted molar refractivity (Wildman–Crippen MR) is 88.0 cm³/mol. The first kappa shape index (κ1) is 14.4. The summed E-state index contributed by atoms with van der Waals surface area (Å²) in [5.41, 5.74) is 10.1. The number of rotatable bonds is 3. The lowest BCUT2D eigenvalue weighted by molar-refractivity contribution is -0.115. The van der Waals surface area contributed by atoms with Crippen molar-refractivity contribution >= 4 is 35.0 Å². The average Bonchev–Trinajstić information content (AvgIpc) is 2.84. The number of amides is 1. The molecular formula is C16H15ClN2OS. The van der Waals surface area contributed by atoms with E-state index in [1.807, 2.05) is 36.6 Å². The Morgan fingerprint density at radius 2 is 2.05 bits per heavy atom. The Morgan fingerprint density at radius 1 is 1.29 bits per heavy atom. The van der Waals surface area contributed by atoms with Gasteiger partial charge in [-0.1, -0.05) is 29.8 Å². The fourth-order valence-electron chi connectivity index (χ4n) is 2.60. The van der Waals surface area contributed by atoms with Crippen LogP contribution in [-0.4, -0.2) is 12.2 Å². The molecule has 2 aromatic carbocycles. The Balaban J connectivity index is 2.04. The topological polar surface area (TPSA) is 55.1 Å². The molecule has 1 heterocycles. The van der Waals surface area contributed by atoms with Crippen LogP contribution in [0.3, 0.4) is 0 Å². The molecule has 1 aliphatic heterocycles. The van der Waals surface area contributed by atoms with Gasteiger partial charge < -0.3 is 11.1 Å². The van der Waals surface area contributed by atoms with Crippen LogP contribution >= 0.6 is 23.4 Å². The lowest BCUT2D eigenvalue weighted by Gasteiger charge is -2.18. The number of hydrogen-bond donors (Lipinski definition) is 2. The summed E-state index contributed by atoms with van der Waals surface area (Å²) in [6.45, 7) is 0. The highest BCUT2D eigenvalue weighted by molar-refractivity contribution is 7.98. The minimum atomic E-state index is -0.304. The number of carbonyl (C=O) groups is 1. The molecule has 0 aliphatic carbocycles. The van der Waals surface area contributed by atoms with Crippen molar-refractivity contribution in [1.82, 2.24) is 0 Å². The number of hydrogen-bond acceptors (Lipinski definition) is 3. The Morgan fingerprint density at radius 3 is 2.81 bits per heavy atom. The van der Waals surface area contributed by atoms with E-state index in [1.54, 1.807) is 17.8 Å². The van der Waals surface area contributed by atoms with E-state index in [4.69, 9.17) is 17.3 Å². The Labute approximate surface area is 132 Å². The maximum atomic E-state index is 11.5. The first-order valence-electron chi connectivity index (χ1n) is 6.61.